The van der Waals surface area contributed by atoms with Gasteiger partial charge in [0.1, 0.15) is 0 Å². The Balaban J connectivity index is 3.63. The standard InChI is InChI=1S/C10H20Cl2OSe/c1-3-5-9(11)7-14(13)8-10(12)6-4-2/h9-10H,3-8H2,1-2H3. The molecule has 0 saturated carbocycles. The fraction of sp³-hybridized carbons (Fsp3) is 1.00. The molecular weight excluding hydrogens is 286 g/mol. The molecule has 0 spiro atoms. The van der Waals surface area contributed by atoms with Crippen molar-refractivity contribution in [1.29, 1.82) is 0 Å². The molecule has 0 saturated heterocycles. The van der Waals surface area contributed by atoms with Gasteiger partial charge in [-0.05, 0) is 0 Å². The van der Waals surface area contributed by atoms with E-state index in [0.717, 1.165) is 25.7 Å². The minimum atomic E-state index is -1.76. The average molecular weight is 306 g/mol. The van der Waals surface area contributed by atoms with Crippen LogP contribution in [0.2, 0.25) is 10.6 Å². The van der Waals surface area contributed by atoms with Gasteiger partial charge < -0.3 is 0 Å². The summed E-state index contributed by atoms with van der Waals surface area (Å²) in [6, 6.07) is 0. The van der Waals surface area contributed by atoms with Gasteiger partial charge in [0.15, 0.2) is 0 Å². The van der Waals surface area contributed by atoms with Gasteiger partial charge in [-0.3, -0.25) is 0 Å². The molecule has 4 heteroatoms. The number of hydrogen-bond acceptors (Lipinski definition) is 1. The summed E-state index contributed by atoms with van der Waals surface area (Å²) < 4.78 is 11.7. The molecule has 0 radical (unpaired) electrons. The molecule has 0 aromatic heterocycles. The summed E-state index contributed by atoms with van der Waals surface area (Å²) in [6.07, 6.45) is 4.05. The van der Waals surface area contributed by atoms with Crippen LogP contribution in [-0.2, 0) is 3.83 Å². The predicted molar refractivity (Wildman–Crippen MR) is 65.2 cm³/mol. The van der Waals surface area contributed by atoms with Crippen molar-refractivity contribution >= 4 is 37.0 Å². The molecule has 0 aromatic rings. The van der Waals surface area contributed by atoms with Crippen LogP contribution < -0.4 is 0 Å². The van der Waals surface area contributed by atoms with Crippen molar-refractivity contribution in [2.24, 2.45) is 0 Å². The summed E-state index contributed by atoms with van der Waals surface area (Å²) in [5.41, 5.74) is 0. The van der Waals surface area contributed by atoms with Gasteiger partial charge in [0, 0.05) is 0 Å². The first-order chi connectivity index (χ1) is 6.60. The third-order valence-electron chi connectivity index (χ3n) is 1.94. The van der Waals surface area contributed by atoms with Crippen molar-refractivity contribution in [1.82, 2.24) is 0 Å². The molecule has 0 aromatic carbocycles. The van der Waals surface area contributed by atoms with Crippen LogP contribution in [0.4, 0.5) is 0 Å². The molecule has 0 aliphatic heterocycles. The van der Waals surface area contributed by atoms with Gasteiger partial charge in [-0.1, -0.05) is 0 Å². The normalized spacial score (nSPS) is 17.7. The van der Waals surface area contributed by atoms with Gasteiger partial charge in [-0.2, -0.15) is 0 Å². The van der Waals surface area contributed by atoms with Crippen molar-refractivity contribution in [3.63, 3.8) is 0 Å². The van der Waals surface area contributed by atoms with Gasteiger partial charge in [-0.15, -0.1) is 0 Å². The molecule has 2 atom stereocenters. The third-order valence-corrected chi connectivity index (χ3v) is 6.76. The summed E-state index contributed by atoms with van der Waals surface area (Å²) in [4.78, 5) is 0. The van der Waals surface area contributed by atoms with E-state index in [0.29, 0.717) is 10.6 Å². The van der Waals surface area contributed by atoms with Crippen molar-refractivity contribution in [2.75, 3.05) is 0 Å². The molecule has 2 unspecified atom stereocenters. The Labute approximate surface area is 102 Å². The second-order valence-electron chi connectivity index (χ2n) is 3.55. The first-order valence-electron chi connectivity index (χ1n) is 5.23. The monoisotopic (exact) mass is 306 g/mol. The Morgan fingerprint density at radius 3 is 1.64 bits per heavy atom. The fourth-order valence-electron chi connectivity index (χ4n) is 1.26. The Kier molecular flexibility index (Phi) is 9.74. The molecule has 0 bridgehead atoms. The summed E-state index contributed by atoms with van der Waals surface area (Å²) in [7, 11) is 0. The number of rotatable bonds is 8. The maximum atomic E-state index is 11.7. The summed E-state index contributed by atoms with van der Waals surface area (Å²) in [6.45, 7) is 4.19. The zero-order chi connectivity index (χ0) is 11.0. The second kappa shape index (κ2) is 9.15. The summed E-state index contributed by atoms with van der Waals surface area (Å²) in [5.74, 6) is 0. The summed E-state index contributed by atoms with van der Waals surface area (Å²) >= 11 is 10.3. The first kappa shape index (κ1) is 14.9. The molecule has 0 rings (SSSR count). The maximum absolute atomic E-state index is 11.7. The molecule has 86 valence electrons. The van der Waals surface area contributed by atoms with Crippen molar-refractivity contribution < 1.29 is 3.83 Å². The molecule has 0 aliphatic carbocycles. The van der Waals surface area contributed by atoms with Gasteiger partial charge in [0.25, 0.3) is 0 Å². The number of alkyl halides is 2. The molecular formula is C10H20Cl2OSe. The predicted octanol–water partition coefficient (Wildman–Crippen LogP) is 4.22. The van der Waals surface area contributed by atoms with E-state index in [-0.39, 0.29) is 10.8 Å². The zero-order valence-corrected chi connectivity index (χ0v) is 12.2. The fourth-order valence-corrected chi connectivity index (χ4v) is 5.84. The van der Waals surface area contributed by atoms with E-state index in [1.807, 2.05) is 0 Å². The minimum absolute atomic E-state index is 0.0907. The quantitative estimate of drug-likeness (QED) is 0.484. The molecule has 0 aliphatic rings. The van der Waals surface area contributed by atoms with E-state index < -0.39 is 13.8 Å². The average Bonchev–Trinajstić information content (AvgIpc) is 2.03. The van der Waals surface area contributed by atoms with Crippen molar-refractivity contribution in [3.05, 3.63) is 0 Å². The Hall–Kier alpha value is 0.899. The van der Waals surface area contributed by atoms with E-state index in [1.165, 1.54) is 0 Å². The van der Waals surface area contributed by atoms with Crippen LogP contribution in [0.1, 0.15) is 39.5 Å². The Bertz CT molecular complexity index is 148. The summed E-state index contributed by atoms with van der Waals surface area (Å²) in [5, 5.41) is 1.55. The number of halogens is 2. The van der Waals surface area contributed by atoms with Gasteiger partial charge in [-0.25, -0.2) is 0 Å². The molecule has 0 fully saturated rings. The SMILES string of the molecule is CCCC(Cl)C[Se](=O)CC(Cl)CCC. The van der Waals surface area contributed by atoms with Crippen LogP contribution in [0, 0.1) is 0 Å². The van der Waals surface area contributed by atoms with Crippen LogP contribution >= 0.6 is 23.2 Å². The molecule has 0 N–H and O–H groups in total. The van der Waals surface area contributed by atoms with Gasteiger partial charge in [0.05, 0.1) is 0 Å². The van der Waals surface area contributed by atoms with E-state index >= 15 is 0 Å². The van der Waals surface area contributed by atoms with E-state index in [2.05, 4.69) is 13.8 Å². The van der Waals surface area contributed by atoms with Crippen LogP contribution in [-0.4, -0.2) is 24.6 Å². The number of hydrogen-bond donors (Lipinski definition) is 0. The molecule has 0 heterocycles. The first-order valence-corrected chi connectivity index (χ1v) is 9.22. The molecule has 14 heavy (non-hydrogen) atoms. The van der Waals surface area contributed by atoms with E-state index in [4.69, 9.17) is 23.2 Å². The van der Waals surface area contributed by atoms with Crippen LogP contribution in [0.5, 0.6) is 0 Å². The van der Waals surface area contributed by atoms with Crippen molar-refractivity contribution in [2.45, 2.75) is 60.9 Å². The van der Waals surface area contributed by atoms with Crippen LogP contribution in [0.3, 0.4) is 0 Å². The van der Waals surface area contributed by atoms with Crippen LogP contribution in [0.25, 0.3) is 0 Å². The van der Waals surface area contributed by atoms with Crippen molar-refractivity contribution in [3.8, 4) is 0 Å². The molecule has 0 amide bonds. The van der Waals surface area contributed by atoms with Gasteiger partial charge in [0.2, 0.25) is 0 Å². The second-order valence-corrected chi connectivity index (χ2v) is 8.02. The van der Waals surface area contributed by atoms with Crippen LogP contribution in [0.15, 0.2) is 0 Å². The topological polar surface area (TPSA) is 17.1 Å². The Morgan fingerprint density at radius 1 is 1.00 bits per heavy atom. The van der Waals surface area contributed by atoms with E-state index in [9.17, 15) is 3.83 Å². The Morgan fingerprint density at radius 2 is 1.36 bits per heavy atom. The molecule has 1 nitrogen and oxygen atoms in total. The third kappa shape index (κ3) is 8.23. The zero-order valence-electron chi connectivity index (χ0n) is 8.97. The van der Waals surface area contributed by atoms with E-state index in [1.54, 1.807) is 0 Å². The van der Waals surface area contributed by atoms with Gasteiger partial charge >= 0.3 is 102 Å².